The Balaban J connectivity index is 0. The van der Waals surface area contributed by atoms with E-state index in [1.54, 1.807) is 0 Å². The van der Waals surface area contributed by atoms with Crippen LogP contribution in [-0.2, 0) is 14.2 Å². The molecule has 0 heterocycles. The molecule has 43 heavy (non-hydrogen) atoms. The Morgan fingerprint density at radius 1 is 0.395 bits per heavy atom. The van der Waals surface area contributed by atoms with Crippen LogP contribution in [0.4, 0.5) is 0 Å². The molecule has 0 radical (unpaired) electrons. The molecule has 0 aromatic carbocycles. The number of unbranched alkanes of at least 4 members (excludes halogenated alkanes) is 26. The molecule has 0 aromatic rings. The van der Waals surface area contributed by atoms with Crippen molar-refractivity contribution in [2.45, 2.75) is 213 Å². The van der Waals surface area contributed by atoms with E-state index in [-0.39, 0.29) is 24.6 Å². The molecule has 0 amide bonds. The summed E-state index contributed by atoms with van der Waals surface area (Å²) in [4.78, 5) is 0. The lowest BCUT2D eigenvalue weighted by atomic mass is 10.0. The molecule has 2 N–H and O–H groups in total. The van der Waals surface area contributed by atoms with Crippen molar-refractivity contribution >= 4 is 12.4 Å². The maximum Gasteiger partial charge on any atom is 0.104 e. The zero-order chi connectivity index (χ0) is 30.6. The lowest BCUT2D eigenvalue weighted by Gasteiger charge is -2.19. The van der Waals surface area contributed by atoms with Crippen LogP contribution in [0.3, 0.4) is 0 Å². The first-order valence-electron chi connectivity index (χ1n) is 19.2. The fraction of sp³-hybridized carbons (Fsp3) is 1.00. The van der Waals surface area contributed by atoms with Gasteiger partial charge in [0, 0.05) is 19.3 Å². The monoisotopic (exact) mass is 634 g/mol. The van der Waals surface area contributed by atoms with Gasteiger partial charge in [0.25, 0.3) is 0 Å². The standard InChI is InChI=1S/C38H79NO3.ClH/c1-4-6-8-10-12-14-16-18-20-22-24-26-28-30-32-40-35-38(36-41-34-37(3)39)42-33-31-29-27-25-23-21-19-17-15-13-11-9-7-5-2;/h37-38H,4-36,39H2,1-3H3;1H. The van der Waals surface area contributed by atoms with Gasteiger partial charge in [0.1, 0.15) is 6.10 Å². The van der Waals surface area contributed by atoms with Gasteiger partial charge in [0.15, 0.2) is 0 Å². The summed E-state index contributed by atoms with van der Waals surface area (Å²) in [6, 6.07) is 0.0629. The minimum atomic E-state index is 0. The molecular formula is C38H80ClNO3. The van der Waals surface area contributed by atoms with Gasteiger partial charge in [-0.15, -0.1) is 12.4 Å². The summed E-state index contributed by atoms with van der Waals surface area (Å²) in [5, 5.41) is 0. The average molecular weight is 635 g/mol. The van der Waals surface area contributed by atoms with E-state index >= 15 is 0 Å². The van der Waals surface area contributed by atoms with Gasteiger partial charge in [0.2, 0.25) is 0 Å². The van der Waals surface area contributed by atoms with E-state index in [2.05, 4.69) is 13.8 Å². The second-order valence-electron chi connectivity index (χ2n) is 13.3. The van der Waals surface area contributed by atoms with Crippen LogP contribution in [0.5, 0.6) is 0 Å². The van der Waals surface area contributed by atoms with Gasteiger partial charge in [-0.1, -0.05) is 181 Å². The van der Waals surface area contributed by atoms with Crippen LogP contribution in [0.15, 0.2) is 0 Å². The molecule has 2 unspecified atom stereocenters. The Kier molecular flexibility index (Phi) is 42.3. The number of hydrogen-bond acceptors (Lipinski definition) is 4. The van der Waals surface area contributed by atoms with Gasteiger partial charge < -0.3 is 19.9 Å². The molecule has 4 nitrogen and oxygen atoms in total. The molecule has 0 bridgehead atoms. The fourth-order valence-corrected chi connectivity index (χ4v) is 5.69. The van der Waals surface area contributed by atoms with E-state index in [4.69, 9.17) is 19.9 Å². The van der Waals surface area contributed by atoms with E-state index in [1.807, 2.05) is 6.92 Å². The number of nitrogens with two attached hydrogens (primary N) is 1. The maximum atomic E-state index is 6.16. The molecule has 0 aliphatic carbocycles. The second-order valence-corrected chi connectivity index (χ2v) is 13.3. The third-order valence-electron chi connectivity index (χ3n) is 8.48. The van der Waals surface area contributed by atoms with Gasteiger partial charge in [-0.2, -0.15) is 0 Å². The van der Waals surface area contributed by atoms with Crippen LogP contribution in [0.2, 0.25) is 0 Å². The van der Waals surface area contributed by atoms with Gasteiger partial charge in [-0.3, -0.25) is 0 Å². The highest BCUT2D eigenvalue weighted by Gasteiger charge is 2.11. The van der Waals surface area contributed by atoms with Crippen molar-refractivity contribution in [3.63, 3.8) is 0 Å². The summed E-state index contributed by atoms with van der Waals surface area (Å²) in [5.74, 6) is 0. The first kappa shape index (κ1) is 45.3. The highest BCUT2D eigenvalue weighted by molar-refractivity contribution is 5.85. The smallest absolute Gasteiger partial charge is 0.104 e. The van der Waals surface area contributed by atoms with Crippen LogP contribution < -0.4 is 5.73 Å². The van der Waals surface area contributed by atoms with E-state index in [0.717, 1.165) is 26.1 Å². The Morgan fingerprint density at radius 2 is 0.698 bits per heavy atom. The SMILES string of the molecule is CCCCCCCCCCCCCCCCOCC(COCC(C)N)OCCCCCCCCCCCCCCCC.Cl. The molecule has 0 spiro atoms. The van der Waals surface area contributed by atoms with Gasteiger partial charge in [0.05, 0.1) is 19.8 Å². The molecule has 262 valence electrons. The van der Waals surface area contributed by atoms with Crippen LogP contribution in [0.1, 0.15) is 201 Å². The number of rotatable bonds is 37. The summed E-state index contributed by atoms with van der Waals surface area (Å²) in [7, 11) is 0. The van der Waals surface area contributed by atoms with Crippen LogP contribution in [-0.4, -0.2) is 45.2 Å². The Morgan fingerprint density at radius 3 is 1.05 bits per heavy atom. The summed E-state index contributed by atoms with van der Waals surface area (Å²) in [5.41, 5.74) is 5.86. The van der Waals surface area contributed by atoms with E-state index in [9.17, 15) is 0 Å². The second kappa shape index (κ2) is 40.2. The van der Waals surface area contributed by atoms with Crippen molar-refractivity contribution in [3.8, 4) is 0 Å². The summed E-state index contributed by atoms with van der Waals surface area (Å²) in [6.07, 6.45) is 38.8. The number of hydrogen-bond donors (Lipinski definition) is 1. The minimum Gasteiger partial charge on any atom is -0.379 e. The topological polar surface area (TPSA) is 53.7 Å². The molecule has 2 atom stereocenters. The molecule has 0 aromatic heterocycles. The highest BCUT2D eigenvalue weighted by Crippen LogP contribution is 2.14. The predicted molar refractivity (Wildman–Crippen MR) is 193 cm³/mol. The normalized spacial score (nSPS) is 12.8. The van der Waals surface area contributed by atoms with Crippen molar-refractivity contribution in [3.05, 3.63) is 0 Å². The zero-order valence-electron chi connectivity index (χ0n) is 29.7. The first-order chi connectivity index (χ1) is 20.7. The summed E-state index contributed by atoms with van der Waals surface area (Å²) >= 11 is 0. The minimum absolute atomic E-state index is 0. The van der Waals surface area contributed by atoms with Crippen LogP contribution in [0, 0.1) is 0 Å². The zero-order valence-corrected chi connectivity index (χ0v) is 30.5. The van der Waals surface area contributed by atoms with E-state index in [1.165, 1.54) is 167 Å². The van der Waals surface area contributed by atoms with Gasteiger partial charge in [-0.05, 0) is 19.8 Å². The Hall–Kier alpha value is 0.130. The predicted octanol–water partition coefficient (Wildman–Crippen LogP) is 12.1. The molecule has 5 heteroatoms. The van der Waals surface area contributed by atoms with Crippen molar-refractivity contribution in [1.29, 1.82) is 0 Å². The quantitative estimate of drug-likeness (QED) is 0.0691. The summed E-state index contributed by atoms with van der Waals surface area (Å²) in [6.45, 7) is 10.0. The van der Waals surface area contributed by atoms with Crippen molar-refractivity contribution in [1.82, 2.24) is 0 Å². The molecule has 0 aliphatic heterocycles. The van der Waals surface area contributed by atoms with E-state index in [0.29, 0.717) is 19.8 Å². The largest absolute Gasteiger partial charge is 0.379 e. The Bertz CT molecular complexity index is 480. The third-order valence-corrected chi connectivity index (χ3v) is 8.48. The fourth-order valence-electron chi connectivity index (χ4n) is 5.69. The molecule has 0 aliphatic rings. The lowest BCUT2D eigenvalue weighted by molar-refractivity contribution is -0.0623. The molecule has 0 saturated carbocycles. The van der Waals surface area contributed by atoms with Crippen molar-refractivity contribution in [2.24, 2.45) is 5.73 Å². The number of halogens is 1. The van der Waals surface area contributed by atoms with Crippen molar-refractivity contribution in [2.75, 3.05) is 33.0 Å². The molecule has 0 rings (SSSR count). The Labute approximate surface area is 277 Å². The van der Waals surface area contributed by atoms with Crippen LogP contribution in [0.25, 0.3) is 0 Å². The maximum absolute atomic E-state index is 6.16. The highest BCUT2D eigenvalue weighted by atomic mass is 35.5. The third kappa shape index (κ3) is 40.1. The average Bonchev–Trinajstić information content (AvgIpc) is 2.98. The lowest BCUT2D eigenvalue weighted by Crippen LogP contribution is -2.30. The van der Waals surface area contributed by atoms with Crippen molar-refractivity contribution < 1.29 is 14.2 Å². The van der Waals surface area contributed by atoms with E-state index < -0.39 is 0 Å². The first-order valence-corrected chi connectivity index (χ1v) is 19.2. The van der Waals surface area contributed by atoms with Crippen LogP contribution >= 0.6 is 12.4 Å². The summed E-state index contributed by atoms with van der Waals surface area (Å²) < 4.78 is 17.9. The van der Waals surface area contributed by atoms with Gasteiger partial charge in [-0.25, -0.2) is 0 Å². The van der Waals surface area contributed by atoms with Gasteiger partial charge >= 0.3 is 0 Å². The molecular weight excluding hydrogens is 554 g/mol. The molecule has 0 saturated heterocycles. The number of ether oxygens (including phenoxy) is 3. The molecule has 0 fully saturated rings.